The minimum absolute atomic E-state index is 0.0109. The van der Waals surface area contributed by atoms with Crippen LogP contribution in [0.2, 0.25) is 0 Å². The molecule has 0 amide bonds. The monoisotopic (exact) mass is 205 g/mol. The Bertz CT molecular complexity index is 490. The summed E-state index contributed by atoms with van der Waals surface area (Å²) in [4.78, 5) is 15.5. The van der Waals surface area contributed by atoms with Gasteiger partial charge in [0.2, 0.25) is 0 Å². The fourth-order valence-corrected chi connectivity index (χ4v) is 1.23. The highest BCUT2D eigenvalue weighted by Gasteiger charge is 2.12. The Morgan fingerprint density at radius 2 is 2.27 bits per heavy atom. The van der Waals surface area contributed by atoms with Crippen molar-refractivity contribution in [1.82, 2.24) is 25.0 Å². The zero-order chi connectivity index (χ0) is 10.8. The van der Waals surface area contributed by atoms with Crippen molar-refractivity contribution in [3.05, 3.63) is 18.1 Å². The maximum Gasteiger partial charge on any atom is 0.197 e. The third-order valence-electron chi connectivity index (χ3n) is 2.18. The summed E-state index contributed by atoms with van der Waals surface area (Å²) in [7, 11) is 0. The molecule has 0 N–H and O–H groups in total. The molecule has 2 heterocycles. The number of tetrazole rings is 1. The Balaban J connectivity index is 2.35. The van der Waals surface area contributed by atoms with Gasteiger partial charge in [-0.2, -0.15) is 4.52 Å². The van der Waals surface area contributed by atoms with Crippen molar-refractivity contribution in [1.29, 1.82) is 0 Å². The molecule has 2 aromatic heterocycles. The first kappa shape index (κ1) is 9.70. The molecule has 0 aliphatic heterocycles. The van der Waals surface area contributed by atoms with E-state index in [0.29, 0.717) is 12.1 Å². The molecule has 2 rings (SSSR count). The summed E-state index contributed by atoms with van der Waals surface area (Å²) in [5.74, 6) is 0.163. The van der Waals surface area contributed by atoms with Crippen molar-refractivity contribution >= 4 is 11.4 Å². The van der Waals surface area contributed by atoms with E-state index in [0.717, 1.165) is 5.69 Å². The Labute approximate surface area is 86.3 Å². The lowest BCUT2D eigenvalue weighted by Crippen LogP contribution is -2.13. The van der Waals surface area contributed by atoms with E-state index < -0.39 is 0 Å². The van der Waals surface area contributed by atoms with Crippen molar-refractivity contribution in [3.63, 3.8) is 0 Å². The highest BCUT2D eigenvalue weighted by atomic mass is 16.1. The number of ketones is 1. The summed E-state index contributed by atoms with van der Waals surface area (Å²) in [5, 5.41) is 11.1. The minimum atomic E-state index is 0.0109. The van der Waals surface area contributed by atoms with Crippen LogP contribution in [0.4, 0.5) is 0 Å². The van der Waals surface area contributed by atoms with E-state index in [-0.39, 0.29) is 11.7 Å². The van der Waals surface area contributed by atoms with Crippen LogP contribution in [0.25, 0.3) is 5.65 Å². The fourth-order valence-electron chi connectivity index (χ4n) is 1.23. The first-order valence-corrected chi connectivity index (χ1v) is 4.72. The fraction of sp³-hybridized carbons (Fsp3) is 0.444. The molecule has 0 aromatic carbocycles. The summed E-state index contributed by atoms with van der Waals surface area (Å²) >= 11 is 0. The zero-order valence-electron chi connectivity index (χ0n) is 8.58. The van der Waals surface area contributed by atoms with Gasteiger partial charge in [0.05, 0.1) is 18.3 Å². The molecule has 0 saturated carbocycles. The van der Waals surface area contributed by atoms with Crippen molar-refractivity contribution in [2.75, 3.05) is 0 Å². The summed E-state index contributed by atoms with van der Waals surface area (Å²) in [5.41, 5.74) is 1.28. The predicted octanol–water partition coefficient (Wildman–Crippen LogP) is 0.287. The number of hydrogen-bond donors (Lipinski definition) is 0. The van der Waals surface area contributed by atoms with Crippen molar-refractivity contribution in [2.24, 2.45) is 5.92 Å². The topological polar surface area (TPSA) is 73.0 Å². The molecular weight excluding hydrogens is 194 g/mol. The molecule has 0 saturated heterocycles. The second-order valence-electron chi connectivity index (χ2n) is 3.65. The summed E-state index contributed by atoms with van der Waals surface area (Å²) in [6.45, 7) is 3.74. The van der Waals surface area contributed by atoms with E-state index >= 15 is 0 Å². The number of fused-ring (bicyclic) bond motifs is 1. The lowest BCUT2D eigenvalue weighted by atomic mass is 10.1. The van der Waals surface area contributed by atoms with Gasteiger partial charge in [-0.25, -0.2) is 0 Å². The lowest BCUT2D eigenvalue weighted by molar-refractivity contribution is -0.121. The van der Waals surface area contributed by atoms with E-state index in [1.54, 1.807) is 12.4 Å². The average Bonchev–Trinajstić information content (AvgIpc) is 2.66. The summed E-state index contributed by atoms with van der Waals surface area (Å²) < 4.78 is 1.54. The van der Waals surface area contributed by atoms with Gasteiger partial charge < -0.3 is 0 Å². The van der Waals surface area contributed by atoms with Gasteiger partial charge >= 0.3 is 0 Å². The van der Waals surface area contributed by atoms with Crippen LogP contribution in [0.15, 0.2) is 12.4 Å². The molecule has 6 heteroatoms. The van der Waals surface area contributed by atoms with E-state index in [4.69, 9.17) is 0 Å². The Morgan fingerprint density at radius 3 is 3.00 bits per heavy atom. The van der Waals surface area contributed by atoms with Crippen LogP contribution in [0, 0.1) is 5.92 Å². The second kappa shape index (κ2) is 3.72. The van der Waals surface area contributed by atoms with Crippen LogP contribution in [-0.2, 0) is 11.2 Å². The number of hydrogen-bond acceptors (Lipinski definition) is 5. The maximum atomic E-state index is 11.6. The van der Waals surface area contributed by atoms with Gasteiger partial charge in [0.15, 0.2) is 5.65 Å². The average molecular weight is 205 g/mol. The second-order valence-corrected chi connectivity index (χ2v) is 3.65. The number of carbonyl (C=O) groups is 1. The van der Waals surface area contributed by atoms with Crippen LogP contribution in [0.5, 0.6) is 0 Å². The van der Waals surface area contributed by atoms with E-state index in [2.05, 4.69) is 20.5 Å². The predicted molar refractivity (Wildman–Crippen MR) is 52.1 cm³/mol. The normalized spacial score (nSPS) is 11.1. The van der Waals surface area contributed by atoms with Crippen LogP contribution >= 0.6 is 0 Å². The molecule has 0 aliphatic carbocycles. The highest BCUT2D eigenvalue weighted by Crippen LogP contribution is 2.05. The Kier molecular flexibility index (Phi) is 2.40. The third kappa shape index (κ3) is 1.83. The van der Waals surface area contributed by atoms with Crippen LogP contribution in [0.3, 0.4) is 0 Å². The molecular formula is C9H11N5O. The van der Waals surface area contributed by atoms with Gasteiger partial charge in [0.1, 0.15) is 5.78 Å². The molecule has 0 atom stereocenters. The number of nitrogens with zero attached hydrogens (tertiary/aromatic N) is 5. The number of Topliss-reactive ketones (excluding diaryl/α,β-unsaturated/α-hetero) is 1. The van der Waals surface area contributed by atoms with Crippen molar-refractivity contribution in [2.45, 2.75) is 20.3 Å². The molecule has 0 unspecified atom stereocenters. The number of aromatic nitrogens is 5. The van der Waals surface area contributed by atoms with E-state index in [1.165, 1.54) is 4.52 Å². The number of rotatable bonds is 3. The molecule has 2 aromatic rings. The van der Waals surface area contributed by atoms with Gasteiger partial charge in [-0.3, -0.25) is 9.78 Å². The molecule has 0 spiro atoms. The minimum Gasteiger partial charge on any atom is -0.299 e. The highest BCUT2D eigenvalue weighted by molar-refractivity contribution is 5.82. The van der Waals surface area contributed by atoms with Gasteiger partial charge in [-0.15, -0.1) is 5.10 Å². The van der Waals surface area contributed by atoms with Gasteiger partial charge in [0.25, 0.3) is 0 Å². The molecule has 0 fully saturated rings. The van der Waals surface area contributed by atoms with Gasteiger partial charge in [-0.05, 0) is 10.4 Å². The molecule has 6 nitrogen and oxygen atoms in total. The zero-order valence-corrected chi connectivity index (χ0v) is 8.58. The van der Waals surface area contributed by atoms with Gasteiger partial charge in [0, 0.05) is 12.1 Å². The first-order valence-electron chi connectivity index (χ1n) is 4.72. The van der Waals surface area contributed by atoms with Crippen LogP contribution in [-0.4, -0.2) is 30.8 Å². The molecule has 0 aliphatic rings. The molecule has 15 heavy (non-hydrogen) atoms. The Morgan fingerprint density at radius 1 is 1.47 bits per heavy atom. The van der Waals surface area contributed by atoms with Gasteiger partial charge in [-0.1, -0.05) is 13.8 Å². The third-order valence-corrected chi connectivity index (χ3v) is 2.18. The SMILES string of the molecule is CC(C)C(=O)Cc1cncc2nnnn12. The largest absolute Gasteiger partial charge is 0.299 e. The quantitative estimate of drug-likeness (QED) is 0.719. The van der Waals surface area contributed by atoms with Crippen LogP contribution < -0.4 is 0 Å². The first-order chi connectivity index (χ1) is 7.18. The smallest absolute Gasteiger partial charge is 0.197 e. The maximum absolute atomic E-state index is 11.6. The molecule has 78 valence electrons. The number of carbonyl (C=O) groups excluding carboxylic acids is 1. The lowest BCUT2D eigenvalue weighted by Gasteiger charge is -2.04. The standard InChI is InChI=1S/C9H11N5O/c1-6(2)8(15)3-7-4-10-5-9-11-12-13-14(7)9/h4-6H,3H2,1-2H3. The van der Waals surface area contributed by atoms with E-state index in [1.807, 2.05) is 13.8 Å². The Hall–Kier alpha value is -1.85. The summed E-state index contributed by atoms with van der Waals surface area (Å²) in [6.07, 6.45) is 3.49. The van der Waals surface area contributed by atoms with Crippen molar-refractivity contribution in [3.8, 4) is 0 Å². The van der Waals surface area contributed by atoms with Crippen LogP contribution in [0.1, 0.15) is 19.5 Å². The molecule has 0 bridgehead atoms. The molecule has 0 radical (unpaired) electrons. The van der Waals surface area contributed by atoms with E-state index in [9.17, 15) is 4.79 Å². The van der Waals surface area contributed by atoms with Crippen molar-refractivity contribution < 1.29 is 4.79 Å². The summed E-state index contributed by atoms with van der Waals surface area (Å²) in [6, 6.07) is 0.